The van der Waals surface area contributed by atoms with E-state index in [9.17, 15) is 0 Å². The van der Waals surface area contributed by atoms with E-state index in [4.69, 9.17) is 5.41 Å². The fourth-order valence-corrected chi connectivity index (χ4v) is 1.48. The molecular formula is C13H16N6Y-2. The van der Waals surface area contributed by atoms with Crippen LogP contribution in [0.1, 0.15) is 19.7 Å². The van der Waals surface area contributed by atoms with Crippen LogP contribution in [0, 0.1) is 18.9 Å². The number of dihydropyridines is 1. The van der Waals surface area contributed by atoms with Gasteiger partial charge in [0, 0.05) is 32.7 Å². The van der Waals surface area contributed by atoms with Crippen molar-refractivity contribution in [3.8, 4) is 0 Å². The molecule has 0 spiro atoms. The topological polar surface area (TPSA) is 79.0 Å². The van der Waals surface area contributed by atoms with Gasteiger partial charge in [-0.25, -0.2) is 16.8 Å². The van der Waals surface area contributed by atoms with Crippen molar-refractivity contribution < 1.29 is 32.7 Å². The summed E-state index contributed by atoms with van der Waals surface area (Å²) in [7, 11) is 0. The van der Waals surface area contributed by atoms with Gasteiger partial charge in [-0.3, -0.25) is 4.99 Å². The summed E-state index contributed by atoms with van der Waals surface area (Å²) in [5.41, 5.74) is 4.55. The van der Waals surface area contributed by atoms with Crippen LogP contribution in [0.15, 0.2) is 34.7 Å². The van der Waals surface area contributed by atoms with Crippen LogP contribution in [-0.4, -0.2) is 26.9 Å². The molecule has 1 aromatic heterocycles. The number of aliphatic imine (C=N–C) groups is 1. The van der Waals surface area contributed by atoms with Crippen LogP contribution >= 0.6 is 0 Å². The Bertz CT molecular complexity index is 579. The predicted octanol–water partition coefficient (Wildman–Crippen LogP) is 2.00. The number of hydrogen-bond donors (Lipinski definition) is 2. The van der Waals surface area contributed by atoms with Gasteiger partial charge in [0.2, 0.25) is 0 Å². The third-order valence-electron chi connectivity index (χ3n) is 2.26. The third kappa shape index (κ3) is 3.80. The second-order valence-electron chi connectivity index (χ2n) is 3.25. The largest absolute Gasteiger partial charge is 0.358 e. The second-order valence-corrected chi connectivity index (χ2v) is 3.25. The quantitative estimate of drug-likeness (QED) is 0.706. The van der Waals surface area contributed by atoms with Crippen LogP contribution in [0.2, 0.25) is 0 Å². The average molecular weight is 345 g/mol. The number of nitrogens with one attached hydrogen (secondary N) is 2. The van der Waals surface area contributed by atoms with Gasteiger partial charge in [-0.1, -0.05) is 26.1 Å². The van der Waals surface area contributed by atoms with Gasteiger partial charge in [-0.05, 0) is 11.8 Å². The van der Waals surface area contributed by atoms with E-state index in [-0.39, 0.29) is 46.0 Å². The number of aromatic nitrogens is 3. The molecule has 0 unspecified atom stereocenters. The van der Waals surface area contributed by atoms with E-state index >= 15 is 0 Å². The van der Waals surface area contributed by atoms with Crippen molar-refractivity contribution >= 4 is 18.1 Å². The van der Waals surface area contributed by atoms with Crippen LogP contribution in [0.4, 0.5) is 0 Å². The molecule has 1 radical (unpaired) electrons. The minimum absolute atomic E-state index is 0. The van der Waals surface area contributed by atoms with Gasteiger partial charge in [0.05, 0.1) is 5.84 Å². The monoisotopic (exact) mass is 345 g/mol. The van der Waals surface area contributed by atoms with E-state index in [0.717, 1.165) is 11.5 Å². The Labute approximate surface area is 144 Å². The number of hydrogen-bond acceptors (Lipinski definition) is 4. The average Bonchev–Trinajstić information content (AvgIpc) is 2.89. The van der Waals surface area contributed by atoms with Crippen molar-refractivity contribution in [1.29, 1.82) is 5.41 Å². The third-order valence-corrected chi connectivity index (χ3v) is 2.26. The maximum Gasteiger partial charge on any atom is 0.175 e. The zero-order chi connectivity index (χ0) is 13.0. The molecule has 0 aliphatic carbocycles. The van der Waals surface area contributed by atoms with Crippen LogP contribution in [0.25, 0.3) is 6.08 Å². The maximum atomic E-state index is 7.69. The van der Waals surface area contributed by atoms with Crippen molar-refractivity contribution in [3.05, 3.63) is 49.1 Å². The fraction of sp³-hybridized carbons (Fsp3) is 0.154. The smallest absolute Gasteiger partial charge is 0.175 e. The molecule has 0 atom stereocenters. The number of allylic oxidation sites excluding steroid dienone is 2. The van der Waals surface area contributed by atoms with E-state index in [0.29, 0.717) is 5.57 Å². The Balaban J connectivity index is 0.000000866. The number of nitrogens with zero attached hydrogens (tertiary/aromatic N) is 4. The number of rotatable bonds is 0. The first-order chi connectivity index (χ1) is 8.84. The summed E-state index contributed by atoms with van der Waals surface area (Å²) < 4.78 is 1.68. The molecule has 2 aliphatic rings. The molecule has 0 aromatic carbocycles. The van der Waals surface area contributed by atoms with Crippen molar-refractivity contribution in [2.45, 2.75) is 13.8 Å². The van der Waals surface area contributed by atoms with Gasteiger partial charge in [-0.2, -0.15) is 0 Å². The second kappa shape index (κ2) is 8.71. The van der Waals surface area contributed by atoms with Crippen molar-refractivity contribution in [1.82, 2.24) is 14.9 Å². The Hall–Kier alpha value is -1.40. The Morgan fingerprint density at radius 1 is 1.30 bits per heavy atom. The molecule has 0 bridgehead atoms. The molecular weight excluding hydrogens is 329 g/mol. The van der Waals surface area contributed by atoms with Gasteiger partial charge in [0.15, 0.2) is 5.82 Å². The molecule has 0 saturated carbocycles. The van der Waals surface area contributed by atoms with Crippen LogP contribution in [-0.2, 0) is 32.7 Å². The zero-order valence-corrected chi connectivity index (χ0v) is 14.6. The summed E-state index contributed by atoms with van der Waals surface area (Å²) in [6, 6.07) is 0. The zero-order valence-electron chi connectivity index (χ0n) is 11.8. The molecule has 3 heterocycles. The molecule has 103 valence electrons. The Morgan fingerprint density at radius 3 is 2.75 bits per heavy atom. The molecule has 0 amide bonds. The van der Waals surface area contributed by atoms with Crippen molar-refractivity contribution in [2.24, 2.45) is 4.99 Å². The predicted molar refractivity (Wildman–Crippen MR) is 77.2 cm³/mol. The standard InChI is InChI=1S/C10H7N6.C2H6.CH3.Y/c11-10-7(2-1-5-12-10)8-3-4-9-14-13-6-16(9)15-8;1-2;;/h2-6,11,15H;1-2H3;1H3;/q-1;;-1;/b8-7-,11-10?;;;. The summed E-state index contributed by atoms with van der Waals surface area (Å²) in [5.74, 6) is 0.936. The normalized spacial score (nSPS) is 18.0. The van der Waals surface area contributed by atoms with Gasteiger partial charge in [0.25, 0.3) is 0 Å². The summed E-state index contributed by atoms with van der Waals surface area (Å²) >= 11 is 0. The minimum atomic E-state index is 0. The van der Waals surface area contributed by atoms with E-state index in [1.54, 1.807) is 17.1 Å². The molecule has 2 N–H and O–H groups in total. The molecule has 0 saturated heterocycles. The van der Waals surface area contributed by atoms with Gasteiger partial charge in [-0.15, -0.1) is 15.8 Å². The van der Waals surface area contributed by atoms with Crippen molar-refractivity contribution in [2.75, 3.05) is 5.43 Å². The van der Waals surface area contributed by atoms with E-state index in [1.165, 1.54) is 6.21 Å². The fourth-order valence-electron chi connectivity index (χ4n) is 1.48. The molecule has 1 aromatic rings. The molecule has 7 heteroatoms. The number of fused-ring (bicyclic) bond motifs is 1. The van der Waals surface area contributed by atoms with Gasteiger partial charge < -0.3 is 18.3 Å². The van der Waals surface area contributed by atoms with Crippen LogP contribution in [0.5, 0.6) is 0 Å². The first-order valence-electron chi connectivity index (χ1n) is 5.65. The van der Waals surface area contributed by atoms with Crippen LogP contribution < -0.4 is 5.43 Å². The molecule has 6 nitrogen and oxygen atoms in total. The number of amidine groups is 1. The van der Waals surface area contributed by atoms with Gasteiger partial charge >= 0.3 is 0 Å². The van der Waals surface area contributed by atoms with Crippen molar-refractivity contribution in [3.63, 3.8) is 0 Å². The minimum Gasteiger partial charge on any atom is -0.358 e. The van der Waals surface area contributed by atoms with E-state index in [2.05, 4.69) is 26.7 Å². The SMILES string of the molecule is CC.N=C1N=C[C-]=C/C1=C1\C=Cc2nncn2N1.[CH3-].[Y]. The summed E-state index contributed by atoms with van der Waals surface area (Å²) in [6.45, 7) is 4.00. The summed E-state index contributed by atoms with van der Waals surface area (Å²) in [4.78, 5) is 3.87. The molecule has 2 aliphatic heterocycles. The first kappa shape index (κ1) is 18.6. The first-order valence-corrected chi connectivity index (χ1v) is 5.65. The Kier molecular flexibility index (Phi) is 8.10. The summed E-state index contributed by atoms with van der Waals surface area (Å²) in [6.07, 6.45) is 11.3. The van der Waals surface area contributed by atoms with Gasteiger partial charge in [0.1, 0.15) is 6.33 Å². The molecule has 20 heavy (non-hydrogen) atoms. The molecule has 3 rings (SSSR count). The molecule has 0 fully saturated rings. The van der Waals surface area contributed by atoms with E-state index in [1.807, 2.05) is 26.0 Å². The van der Waals surface area contributed by atoms with Crippen LogP contribution in [0.3, 0.4) is 0 Å². The Morgan fingerprint density at radius 2 is 2.05 bits per heavy atom. The van der Waals surface area contributed by atoms with E-state index < -0.39 is 0 Å². The summed E-state index contributed by atoms with van der Waals surface area (Å²) in [5, 5.41) is 15.3. The maximum absolute atomic E-state index is 7.69.